The van der Waals surface area contributed by atoms with Crippen LogP contribution in [0.15, 0.2) is 67.1 Å². The highest BCUT2D eigenvalue weighted by Gasteiger charge is 2.19. The van der Waals surface area contributed by atoms with Crippen molar-refractivity contribution in [3.8, 4) is 11.4 Å². The molecule has 0 amide bonds. The first-order valence-electron chi connectivity index (χ1n) is 11.4. The monoisotopic (exact) mass is 439 g/mol. The van der Waals surface area contributed by atoms with Crippen LogP contribution in [0, 0.1) is 0 Å². The molecule has 0 saturated carbocycles. The van der Waals surface area contributed by atoms with E-state index in [1.807, 2.05) is 30.5 Å². The average Bonchev–Trinajstić information content (AvgIpc) is 3.16. The molecule has 2 aromatic carbocycles. The maximum atomic E-state index is 4.77. The summed E-state index contributed by atoms with van der Waals surface area (Å²) in [5.41, 5.74) is 6.44. The molecular weight excluding hydrogens is 410 g/mol. The Kier molecular flexibility index (Phi) is 5.69. The lowest BCUT2D eigenvalue weighted by molar-refractivity contribution is 0.592. The van der Waals surface area contributed by atoms with Crippen molar-refractivity contribution in [3.63, 3.8) is 0 Å². The van der Waals surface area contributed by atoms with E-state index in [4.69, 9.17) is 4.98 Å². The van der Waals surface area contributed by atoms with Crippen LogP contribution in [0.1, 0.15) is 32.3 Å². The van der Waals surface area contributed by atoms with Gasteiger partial charge >= 0.3 is 0 Å². The summed E-state index contributed by atoms with van der Waals surface area (Å²) in [6.07, 6.45) is 6.83. The van der Waals surface area contributed by atoms with Crippen molar-refractivity contribution >= 4 is 28.1 Å². The van der Waals surface area contributed by atoms with Crippen LogP contribution in [0.4, 0.5) is 17.2 Å². The number of aromatic amines is 1. The third-order valence-corrected chi connectivity index (χ3v) is 5.90. The molecule has 1 aliphatic rings. The molecule has 1 aliphatic heterocycles. The van der Waals surface area contributed by atoms with E-state index in [9.17, 15) is 0 Å². The zero-order chi connectivity index (χ0) is 22.8. The summed E-state index contributed by atoms with van der Waals surface area (Å²) in [4.78, 5) is 9.30. The van der Waals surface area contributed by atoms with E-state index in [1.54, 1.807) is 6.20 Å². The molecule has 168 valence electrons. The van der Waals surface area contributed by atoms with E-state index in [2.05, 4.69) is 69.8 Å². The molecule has 0 radical (unpaired) electrons. The van der Waals surface area contributed by atoms with Gasteiger partial charge in [0, 0.05) is 40.3 Å². The van der Waals surface area contributed by atoms with E-state index >= 15 is 0 Å². The molecule has 5 rings (SSSR count). The van der Waals surface area contributed by atoms with Crippen LogP contribution in [0.3, 0.4) is 0 Å². The lowest BCUT2D eigenvalue weighted by Crippen LogP contribution is -2.33. The normalized spacial score (nSPS) is 15.5. The molecule has 0 spiro atoms. The number of fused-ring (bicyclic) bond motifs is 2. The molecule has 1 unspecified atom stereocenters. The van der Waals surface area contributed by atoms with Crippen molar-refractivity contribution in [2.24, 2.45) is 0 Å². The average molecular weight is 440 g/mol. The highest BCUT2D eigenvalue weighted by atomic mass is 15.1. The van der Waals surface area contributed by atoms with Gasteiger partial charge < -0.3 is 16.0 Å². The Morgan fingerprint density at radius 3 is 2.94 bits per heavy atom. The summed E-state index contributed by atoms with van der Waals surface area (Å²) in [5.74, 6) is 1.44. The Bertz CT molecular complexity index is 1290. The molecule has 0 bridgehead atoms. The number of benzene rings is 2. The quantitative estimate of drug-likeness (QED) is 0.322. The van der Waals surface area contributed by atoms with Crippen LogP contribution in [-0.4, -0.2) is 32.2 Å². The third-order valence-electron chi connectivity index (χ3n) is 5.90. The Morgan fingerprint density at radius 2 is 2.06 bits per heavy atom. The summed E-state index contributed by atoms with van der Waals surface area (Å²) in [7, 11) is 0. The molecular formula is C26H29N7. The highest BCUT2D eigenvalue weighted by molar-refractivity contribution is 5.82. The number of rotatable bonds is 6. The van der Waals surface area contributed by atoms with Gasteiger partial charge in [-0.1, -0.05) is 18.7 Å². The number of nitrogens with zero attached hydrogens (tertiary/aromatic N) is 3. The fraction of sp³-hybridized carbons (Fsp3) is 0.269. The molecule has 1 atom stereocenters. The molecule has 7 heteroatoms. The fourth-order valence-corrected chi connectivity index (χ4v) is 4.29. The van der Waals surface area contributed by atoms with Gasteiger partial charge in [-0.05, 0) is 69.0 Å². The van der Waals surface area contributed by atoms with E-state index in [1.165, 1.54) is 5.56 Å². The second-order valence-corrected chi connectivity index (χ2v) is 8.85. The summed E-state index contributed by atoms with van der Waals surface area (Å²) >= 11 is 0. The van der Waals surface area contributed by atoms with Crippen LogP contribution in [0.25, 0.3) is 22.3 Å². The largest absolute Gasteiger partial charge is 0.385 e. The smallest absolute Gasteiger partial charge is 0.161 e. The minimum Gasteiger partial charge on any atom is -0.385 e. The SMILES string of the molecule is C=C(NC(C)C)C1CCCc2ccc(-c3nccc(Nc4ccc5[nH]ncc5c4)n3)cc2N1. The molecule has 4 aromatic rings. The van der Waals surface area contributed by atoms with Gasteiger partial charge in [-0.25, -0.2) is 9.97 Å². The first-order chi connectivity index (χ1) is 16.0. The number of aromatic nitrogens is 4. The van der Waals surface area contributed by atoms with Crippen LogP contribution >= 0.6 is 0 Å². The van der Waals surface area contributed by atoms with Crippen molar-refractivity contribution in [1.82, 2.24) is 25.5 Å². The zero-order valence-electron chi connectivity index (χ0n) is 19.0. The first kappa shape index (κ1) is 21.0. The molecule has 33 heavy (non-hydrogen) atoms. The summed E-state index contributed by atoms with van der Waals surface area (Å²) in [6.45, 7) is 8.55. The Labute approximate surface area is 193 Å². The molecule has 3 heterocycles. The maximum Gasteiger partial charge on any atom is 0.161 e. The topological polar surface area (TPSA) is 90.5 Å². The van der Waals surface area contributed by atoms with Crippen molar-refractivity contribution in [2.45, 2.75) is 45.2 Å². The van der Waals surface area contributed by atoms with Gasteiger partial charge in [0.2, 0.25) is 0 Å². The van der Waals surface area contributed by atoms with Crippen LogP contribution in [0.2, 0.25) is 0 Å². The van der Waals surface area contributed by atoms with E-state index in [0.29, 0.717) is 11.9 Å². The molecule has 7 nitrogen and oxygen atoms in total. The molecule has 4 N–H and O–H groups in total. The second-order valence-electron chi connectivity index (χ2n) is 8.85. The summed E-state index contributed by atoms with van der Waals surface area (Å²) < 4.78 is 0. The van der Waals surface area contributed by atoms with Gasteiger partial charge in [0.1, 0.15) is 5.82 Å². The Balaban J connectivity index is 1.38. The first-order valence-corrected chi connectivity index (χ1v) is 11.4. The lowest BCUT2D eigenvalue weighted by Gasteiger charge is -2.24. The lowest BCUT2D eigenvalue weighted by atomic mass is 10.0. The minimum atomic E-state index is 0.204. The zero-order valence-corrected chi connectivity index (χ0v) is 19.0. The number of nitrogens with one attached hydrogen (secondary N) is 4. The predicted octanol–water partition coefficient (Wildman–Crippen LogP) is 5.39. The number of hydrogen-bond donors (Lipinski definition) is 4. The minimum absolute atomic E-state index is 0.204. The van der Waals surface area contributed by atoms with Crippen molar-refractivity contribution in [3.05, 3.63) is 72.7 Å². The van der Waals surface area contributed by atoms with E-state index in [-0.39, 0.29) is 6.04 Å². The number of H-pyrrole nitrogens is 1. The van der Waals surface area contributed by atoms with Crippen LogP contribution in [0.5, 0.6) is 0 Å². The van der Waals surface area contributed by atoms with E-state index < -0.39 is 0 Å². The van der Waals surface area contributed by atoms with Gasteiger partial charge in [0.25, 0.3) is 0 Å². The number of aryl methyl sites for hydroxylation is 1. The van der Waals surface area contributed by atoms with Crippen LogP contribution in [-0.2, 0) is 6.42 Å². The third kappa shape index (κ3) is 4.67. The van der Waals surface area contributed by atoms with Crippen molar-refractivity contribution < 1.29 is 0 Å². The molecule has 2 aromatic heterocycles. The maximum absolute atomic E-state index is 4.77. The highest BCUT2D eigenvalue weighted by Crippen LogP contribution is 2.30. The van der Waals surface area contributed by atoms with Crippen molar-refractivity contribution in [2.75, 3.05) is 10.6 Å². The van der Waals surface area contributed by atoms with E-state index in [0.717, 1.165) is 58.6 Å². The number of hydrogen-bond acceptors (Lipinski definition) is 6. The van der Waals surface area contributed by atoms with Gasteiger partial charge in [-0.2, -0.15) is 5.10 Å². The Morgan fingerprint density at radius 1 is 1.15 bits per heavy atom. The molecule has 0 saturated heterocycles. The fourth-order valence-electron chi connectivity index (χ4n) is 4.29. The van der Waals surface area contributed by atoms with Gasteiger partial charge in [-0.3, -0.25) is 5.10 Å². The molecule has 0 fully saturated rings. The summed E-state index contributed by atoms with van der Waals surface area (Å²) in [5, 5.41) is 18.6. The van der Waals surface area contributed by atoms with Crippen molar-refractivity contribution in [1.29, 1.82) is 0 Å². The van der Waals surface area contributed by atoms with Gasteiger partial charge in [0.15, 0.2) is 5.82 Å². The van der Waals surface area contributed by atoms with Gasteiger partial charge in [0.05, 0.1) is 17.8 Å². The number of anilines is 3. The predicted molar refractivity (Wildman–Crippen MR) is 135 cm³/mol. The van der Waals surface area contributed by atoms with Crippen LogP contribution < -0.4 is 16.0 Å². The standard InChI is InChI=1S/C26H29N7/c1-16(2)29-17(3)22-6-4-5-18-7-8-19(14-24(18)31-22)26-27-12-11-25(32-26)30-21-9-10-23-20(13-21)15-28-33-23/h7-16,22,29,31H,3-6H2,1-2H3,(H,28,33)(H,27,30,32). The Hall–Kier alpha value is -3.87. The second kappa shape index (κ2) is 8.94. The summed E-state index contributed by atoms with van der Waals surface area (Å²) in [6, 6.07) is 15.0. The molecule has 0 aliphatic carbocycles. The van der Waals surface area contributed by atoms with Gasteiger partial charge in [-0.15, -0.1) is 0 Å².